The first-order valence-corrected chi connectivity index (χ1v) is 12.1. The summed E-state index contributed by atoms with van der Waals surface area (Å²) in [6.07, 6.45) is -0.910. The highest BCUT2D eigenvalue weighted by atomic mass is 31.2. The fraction of sp³-hybridized carbons (Fsp3) is 0.846. The molecule has 1 atom stereocenters. The van der Waals surface area contributed by atoms with Gasteiger partial charge in [-0.05, 0) is 26.8 Å². The van der Waals surface area contributed by atoms with Crippen LogP contribution in [0.15, 0.2) is 0 Å². The maximum Gasteiger partial charge on any atom is 0.408 e. The molecule has 0 saturated heterocycles. The molecule has 0 aromatic rings. The quantitative estimate of drug-likeness (QED) is 0.398. The lowest BCUT2D eigenvalue weighted by Crippen LogP contribution is -2.44. The van der Waals surface area contributed by atoms with Gasteiger partial charge in [-0.15, -0.1) is 0 Å². The van der Waals surface area contributed by atoms with Crippen LogP contribution in [0.5, 0.6) is 0 Å². The number of amides is 1. The van der Waals surface area contributed by atoms with E-state index >= 15 is 0 Å². The molecule has 1 N–H and O–H groups in total. The van der Waals surface area contributed by atoms with Crippen LogP contribution in [0.1, 0.15) is 20.8 Å². The minimum atomic E-state index is -3.91. The van der Waals surface area contributed by atoms with E-state index in [0.29, 0.717) is 0 Å². The van der Waals surface area contributed by atoms with E-state index in [2.05, 4.69) is 18.4 Å². The van der Waals surface area contributed by atoms with Crippen molar-refractivity contribution in [3.63, 3.8) is 0 Å². The number of rotatable bonds is 8. The molecule has 0 fully saturated rings. The Morgan fingerprint density at radius 3 is 2.09 bits per heavy atom. The maximum atomic E-state index is 12.5. The minimum Gasteiger partial charge on any atom is -0.464 e. The van der Waals surface area contributed by atoms with Gasteiger partial charge in [-0.2, -0.15) is 0 Å². The molecule has 0 aliphatic heterocycles. The van der Waals surface area contributed by atoms with Crippen LogP contribution in [0.4, 0.5) is 4.79 Å². The molecule has 0 bridgehead atoms. The number of nitrogens with one attached hydrogen (secondary N) is 1. The highest BCUT2D eigenvalue weighted by molar-refractivity contribution is 7.55. The van der Waals surface area contributed by atoms with Crippen molar-refractivity contribution in [3.8, 4) is 0 Å². The van der Waals surface area contributed by atoms with Crippen molar-refractivity contribution < 1.29 is 32.7 Å². The topological polar surface area (TPSA) is 100 Å². The van der Waals surface area contributed by atoms with Crippen molar-refractivity contribution in [2.24, 2.45) is 0 Å². The minimum absolute atomic E-state index is 0.197. The molecular formula is C13H28NO7PSi. The van der Waals surface area contributed by atoms with Crippen LogP contribution < -0.4 is 5.32 Å². The summed E-state index contributed by atoms with van der Waals surface area (Å²) in [5.74, 6) is -2.46. The van der Waals surface area contributed by atoms with E-state index in [1.807, 2.05) is 0 Å². The predicted octanol–water partition coefficient (Wildman–Crippen LogP) is 2.35. The molecule has 1 unspecified atom stereocenters. The number of hydrogen-bond acceptors (Lipinski definition) is 7. The van der Waals surface area contributed by atoms with Crippen molar-refractivity contribution in [2.45, 2.75) is 51.3 Å². The Kier molecular flexibility index (Phi) is 9.05. The van der Waals surface area contributed by atoms with Crippen molar-refractivity contribution >= 4 is 28.5 Å². The Morgan fingerprint density at radius 2 is 1.70 bits per heavy atom. The zero-order valence-corrected chi connectivity index (χ0v) is 16.9. The first-order chi connectivity index (χ1) is 10.4. The highest BCUT2D eigenvalue weighted by Crippen LogP contribution is 2.50. The molecule has 0 rings (SSSR count). The van der Waals surface area contributed by atoms with Crippen molar-refractivity contribution in [3.05, 3.63) is 0 Å². The summed E-state index contributed by atoms with van der Waals surface area (Å²) in [4.78, 5) is 24.0. The van der Waals surface area contributed by atoms with Gasteiger partial charge in [0.05, 0.1) is 6.61 Å². The van der Waals surface area contributed by atoms with Gasteiger partial charge in [-0.25, -0.2) is 9.59 Å². The first-order valence-electron chi connectivity index (χ1n) is 7.32. The van der Waals surface area contributed by atoms with Crippen LogP contribution in [0.3, 0.4) is 0 Å². The molecule has 1 amide bonds. The lowest BCUT2D eigenvalue weighted by molar-refractivity contribution is -0.143. The van der Waals surface area contributed by atoms with Crippen LogP contribution in [0, 0.1) is 0 Å². The normalized spacial score (nSPS) is 13.6. The number of ether oxygens (including phenoxy) is 2. The zero-order chi connectivity index (χ0) is 18.3. The highest BCUT2D eigenvalue weighted by Gasteiger charge is 2.43. The molecule has 23 heavy (non-hydrogen) atoms. The largest absolute Gasteiger partial charge is 0.464 e. The molecule has 8 nitrogen and oxygen atoms in total. The van der Waals surface area contributed by atoms with Gasteiger partial charge < -0.3 is 18.5 Å². The Bertz CT molecular complexity index is 442. The number of esters is 1. The Labute approximate surface area is 139 Å². The van der Waals surface area contributed by atoms with E-state index in [4.69, 9.17) is 18.5 Å². The number of alkyl carbamates (subject to hydrolysis) is 1. The molecule has 0 aliphatic carbocycles. The van der Waals surface area contributed by atoms with Gasteiger partial charge in [-0.1, -0.05) is 13.1 Å². The summed E-state index contributed by atoms with van der Waals surface area (Å²) in [7, 11) is -2.55. The van der Waals surface area contributed by atoms with Crippen molar-refractivity contribution in [2.75, 3.05) is 20.8 Å². The van der Waals surface area contributed by atoms with E-state index < -0.39 is 39.8 Å². The number of carbonyl (C=O) groups is 2. The van der Waals surface area contributed by atoms with Gasteiger partial charge >= 0.3 is 19.7 Å². The Balaban J connectivity index is 5.06. The van der Waals surface area contributed by atoms with Gasteiger partial charge in [0.15, 0.2) is 0 Å². The predicted molar refractivity (Wildman–Crippen MR) is 89.4 cm³/mol. The molecule has 136 valence electrons. The lowest BCUT2D eigenvalue weighted by atomic mass is 10.2. The molecule has 0 aromatic heterocycles. The second-order valence-corrected chi connectivity index (χ2v) is 12.0. The van der Waals surface area contributed by atoms with Crippen LogP contribution in [0.25, 0.3) is 0 Å². The van der Waals surface area contributed by atoms with E-state index in [1.54, 1.807) is 20.8 Å². The Morgan fingerprint density at radius 1 is 1.17 bits per heavy atom. The first kappa shape index (κ1) is 22.1. The van der Waals surface area contributed by atoms with Crippen LogP contribution >= 0.6 is 7.60 Å². The molecule has 0 aliphatic rings. The molecule has 0 radical (unpaired) electrons. The average molecular weight is 369 g/mol. The molecular weight excluding hydrogens is 341 g/mol. The van der Waals surface area contributed by atoms with E-state index in [9.17, 15) is 14.2 Å². The molecule has 0 heterocycles. The van der Waals surface area contributed by atoms with Crippen molar-refractivity contribution in [1.29, 1.82) is 0 Å². The molecule has 0 aromatic carbocycles. The molecule has 0 saturated carbocycles. The summed E-state index contributed by atoms with van der Waals surface area (Å²) in [6.45, 7) is 9.42. The van der Waals surface area contributed by atoms with Gasteiger partial charge in [-0.3, -0.25) is 9.88 Å². The van der Waals surface area contributed by atoms with Crippen molar-refractivity contribution in [1.82, 2.24) is 5.32 Å². The van der Waals surface area contributed by atoms with Gasteiger partial charge in [0.1, 0.15) is 5.60 Å². The van der Waals surface area contributed by atoms with E-state index in [1.165, 1.54) is 0 Å². The zero-order valence-electron chi connectivity index (χ0n) is 14.9. The van der Waals surface area contributed by atoms with Crippen LogP contribution in [-0.4, -0.2) is 53.1 Å². The summed E-state index contributed by atoms with van der Waals surface area (Å²) in [5.41, 5.74) is -0.772. The SMILES string of the molecule is COP(=O)(OC)C(NC(=O)OC(C)(C)C)C(=O)OCC[SiH](C)C. The summed E-state index contributed by atoms with van der Waals surface area (Å²) < 4.78 is 32.2. The molecule has 10 heteroatoms. The van der Waals surface area contributed by atoms with E-state index in [0.717, 1.165) is 20.3 Å². The second-order valence-electron chi connectivity index (χ2n) is 6.30. The van der Waals surface area contributed by atoms with Gasteiger partial charge in [0.25, 0.3) is 0 Å². The second kappa shape index (κ2) is 9.41. The summed E-state index contributed by atoms with van der Waals surface area (Å²) in [5, 5.41) is 2.22. The third-order valence-corrected chi connectivity index (χ3v) is 6.02. The van der Waals surface area contributed by atoms with Gasteiger partial charge in [0, 0.05) is 23.0 Å². The summed E-state index contributed by atoms with van der Waals surface area (Å²) in [6, 6.07) is 0.773. The average Bonchev–Trinajstić information content (AvgIpc) is 2.41. The Hall–Kier alpha value is -0.893. The van der Waals surface area contributed by atoms with Gasteiger partial charge in [0.2, 0.25) is 5.78 Å². The monoisotopic (exact) mass is 369 g/mol. The smallest absolute Gasteiger partial charge is 0.408 e. The molecule has 0 spiro atoms. The fourth-order valence-corrected chi connectivity index (χ4v) is 3.20. The number of carbonyl (C=O) groups excluding carboxylic acids is 2. The van der Waals surface area contributed by atoms with E-state index in [-0.39, 0.29) is 6.61 Å². The maximum absolute atomic E-state index is 12.5. The fourth-order valence-electron chi connectivity index (χ4n) is 1.45. The van der Waals surface area contributed by atoms with Crippen LogP contribution in [0.2, 0.25) is 19.1 Å². The number of hydrogen-bond donors (Lipinski definition) is 1. The van der Waals surface area contributed by atoms with Crippen LogP contribution in [-0.2, 0) is 27.9 Å². The third kappa shape index (κ3) is 8.50. The third-order valence-electron chi connectivity index (χ3n) is 2.64. The standard InChI is InChI=1S/C13H28NO7PSi/c1-13(2,3)21-12(16)14-10(22(17,18-4)19-5)11(15)20-8-9-23(6)7/h10,23H,8-9H2,1-7H3,(H,14,16). The summed E-state index contributed by atoms with van der Waals surface area (Å²) >= 11 is 0. The lowest BCUT2D eigenvalue weighted by Gasteiger charge is -2.26.